The molecule has 92 valence electrons. The van der Waals surface area contributed by atoms with Crippen LogP contribution in [0.2, 0.25) is 0 Å². The van der Waals surface area contributed by atoms with Crippen molar-refractivity contribution in [2.75, 3.05) is 7.11 Å². The van der Waals surface area contributed by atoms with E-state index in [1.54, 1.807) is 19.1 Å². The maximum absolute atomic E-state index is 10.7. The topological polar surface area (TPSA) is 72.6 Å². The fourth-order valence-corrected chi connectivity index (χ4v) is 1.77. The third-order valence-electron chi connectivity index (χ3n) is 2.20. The normalized spacial score (nSPS) is 11.4. The molecule has 0 aliphatic heterocycles. The van der Waals surface area contributed by atoms with Gasteiger partial charge in [-0.3, -0.25) is 10.1 Å². The van der Waals surface area contributed by atoms with Crippen LogP contribution < -0.4 is 4.74 Å². The lowest BCUT2D eigenvalue weighted by atomic mass is 10.1. The molecule has 0 amide bonds. The van der Waals surface area contributed by atoms with Crippen molar-refractivity contribution in [3.8, 4) is 11.5 Å². The summed E-state index contributed by atoms with van der Waals surface area (Å²) in [6.07, 6.45) is 1.78. The molecule has 0 aromatic heterocycles. The van der Waals surface area contributed by atoms with Crippen molar-refractivity contribution >= 4 is 22.0 Å². The minimum Gasteiger partial charge on any atom is -0.503 e. The van der Waals surface area contributed by atoms with Crippen molar-refractivity contribution < 1.29 is 14.8 Å². The van der Waals surface area contributed by atoms with Crippen LogP contribution in [0.3, 0.4) is 0 Å². The Morgan fingerprint density at radius 1 is 1.65 bits per heavy atom. The summed E-state index contributed by atoms with van der Waals surface area (Å²) < 4.78 is 5.40. The van der Waals surface area contributed by atoms with Gasteiger partial charge < -0.3 is 9.84 Å². The first-order valence-electron chi connectivity index (χ1n) is 4.91. The van der Waals surface area contributed by atoms with E-state index in [1.165, 1.54) is 13.2 Å². The second-order valence-electron chi connectivity index (χ2n) is 3.30. The van der Waals surface area contributed by atoms with E-state index in [4.69, 9.17) is 4.74 Å². The first-order chi connectivity index (χ1) is 7.99. The summed E-state index contributed by atoms with van der Waals surface area (Å²) in [6.45, 7) is 1.71. The monoisotopic (exact) mass is 301 g/mol. The SMILES string of the molecule is CC/C(=C/c1cc(Br)c(O)c(OC)c1)[N+](=O)[O-]. The molecule has 0 saturated carbocycles. The zero-order valence-electron chi connectivity index (χ0n) is 9.44. The van der Waals surface area contributed by atoms with E-state index in [9.17, 15) is 15.2 Å². The quantitative estimate of drug-likeness (QED) is 0.685. The van der Waals surface area contributed by atoms with E-state index >= 15 is 0 Å². The third-order valence-corrected chi connectivity index (χ3v) is 2.81. The van der Waals surface area contributed by atoms with Crippen LogP contribution in [0, 0.1) is 10.1 Å². The van der Waals surface area contributed by atoms with Gasteiger partial charge in [0.1, 0.15) is 0 Å². The number of nitrogens with zero attached hydrogens (tertiary/aromatic N) is 1. The Bertz CT molecular complexity index is 471. The lowest BCUT2D eigenvalue weighted by Crippen LogP contribution is -1.96. The van der Waals surface area contributed by atoms with Gasteiger partial charge in [-0.15, -0.1) is 0 Å². The number of hydrogen-bond donors (Lipinski definition) is 1. The lowest BCUT2D eigenvalue weighted by Gasteiger charge is -2.06. The van der Waals surface area contributed by atoms with Crippen LogP contribution in [0.4, 0.5) is 0 Å². The second-order valence-corrected chi connectivity index (χ2v) is 4.15. The molecule has 17 heavy (non-hydrogen) atoms. The second kappa shape index (κ2) is 5.67. The number of benzene rings is 1. The highest BCUT2D eigenvalue weighted by molar-refractivity contribution is 9.10. The van der Waals surface area contributed by atoms with Crippen molar-refractivity contribution in [1.82, 2.24) is 0 Å². The highest BCUT2D eigenvalue weighted by atomic mass is 79.9. The van der Waals surface area contributed by atoms with Crippen LogP contribution >= 0.6 is 15.9 Å². The predicted molar refractivity (Wildman–Crippen MR) is 67.6 cm³/mol. The number of hydrogen-bond acceptors (Lipinski definition) is 4. The molecular weight excluding hydrogens is 290 g/mol. The van der Waals surface area contributed by atoms with Crippen LogP contribution in [0.5, 0.6) is 11.5 Å². The van der Waals surface area contributed by atoms with Crippen molar-refractivity contribution in [2.45, 2.75) is 13.3 Å². The van der Waals surface area contributed by atoms with Gasteiger partial charge in [0, 0.05) is 12.5 Å². The number of methoxy groups -OCH3 is 1. The van der Waals surface area contributed by atoms with Crippen molar-refractivity contribution in [3.63, 3.8) is 0 Å². The van der Waals surface area contributed by atoms with Gasteiger partial charge >= 0.3 is 0 Å². The fourth-order valence-electron chi connectivity index (χ4n) is 1.31. The van der Waals surface area contributed by atoms with E-state index < -0.39 is 4.92 Å². The number of allylic oxidation sites excluding steroid dienone is 1. The van der Waals surface area contributed by atoms with Crippen molar-refractivity contribution in [3.05, 3.63) is 38.0 Å². The molecule has 1 aromatic carbocycles. The number of phenols is 1. The number of halogens is 1. The Kier molecular flexibility index (Phi) is 4.51. The highest BCUT2D eigenvalue weighted by Gasteiger charge is 2.11. The van der Waals surface area contributed by atoms with Crippen LogP contribution in [0.15, 0.2) is 22.3 Å². The standard InChI is InChI=1S/C11H12BrNO4/c1-3-8(13(15)16)4-7-5-9(12)11(14)10(6-7)17-2/h4-6,14H,3H2,1-2H3/b8-4-. The molecule has 0 aliphatic carbocycles. The molecule has 1 aromatic rings. The molecule has 0 fully saturated rings. The third kappa shape index (κ3) is 3.20. The number of phenolic OH excluding ortho intramolecular Hbond substituents is 1. The van der Waals surface area contributed by atoms with E-state index in [1.807, 2.05) is 0 Å². The zero-order valence-corrected chi connectivity index (χ0v) is 11.0. The molecule has 0 bridgehead atoms. The molecule has 5 nitrogen and oxygen atoms in total. The minimum absolute atomic E-state index is 0.0243. The van der Waals surface area contributed by atoms with Crippen molar-refractivity contribution in [1.29, 1.82) is 0 Å². The molecule has 1 N–H and O–H groups in total. The molecule has 0 atom stereocenters. The van der Waals surface area contributed by atoms with Crippen LogP contribution in [0.1, 0.15) is 18.9 Å². The Morgan fingerprint density at radius 2 is 2.29 bits per heavy atom. The van der Waals surface area contributed by atoms with Gasteiger partial charge in [-0.05, 0) is 33.6 Å². The summed E-state index contributed by atoms with van der Waals surface area (Å²) in [5, 5.41) is 20.3. The molecule has 0 unspecified atom stereocenters. The number of aromatic hydroxyl groups is 1. The molecule has 0 spiro atoms. The number of ether oxygens (including phenoxy) is 1. The van der Waals surface area contributed by atoms with Gasteiger partial charge in [-0.25, -0.2) is 0 Å². The molecule has 1 rings (SSSR count). The maximum atomic E-state index is 10.7. The van der Waals surface area contributed by atoms with Crippen LogP contribution in [-0.4, -0.2) is 17.1 Å². The summed E-state index contributed by atoms with van der Waals surface area (Å²) in [5.41, 5.74) is 0.699. The van der Waals surface area contributed by atoms with Crippen LogP contribution in [-0.2, 0) is 0 Å². The summed E-state index contributed by atoms with van der Waals surface area (Å²) >= 11 is 3.16. The molecular formula is C11H12BrNO4. The lowest BCUT2D eigenvalue weighted by molar-refractivity contribution is -0.425. The van der Waals surface area contributed by atoms with E-state index in [0.717, 1.165) is 0 Å². The molecule has 0 aliphatic rings. The fraction of sp³-hybridized carbons (Fsp3) is 0.273. The molecule has 0 heterocycles. The Morgan fingerprint density at radius 3 is 2.76 bits per heavy atom. The van der Waals surface area contributed by atoms with Gasteiger partial charge in [0.15, 0.2) is 11.5 Å². The Balaban J connectivity index is 3.24. The molecule has 0 saturated heterocycles. The number of rotatable bonds is 4. The average molecular weight is 302 g/mol. The van der Waals surface area contributed by atoms with E-state index in [2.05, 4.69) is 15.9 Å². The summed E-state index contributed by atoms with van der Waals surface area (Å²) in [6, 6.07) is 3.14. The van der Waals surface area contributed by atoms with Gasteiger partial charge in [-0.1, -0.05) is 6.92 Å². The average Bonchev–Trinajstić information content (AvgIpc) is 2.29. The first-order valence-corrected chi connectivity index (χ1v) is 5.70. The van der Waals surface area contributed by atoms with Gasteiger partial charge in [0.05, 0.1) is 16.5 Å². The number of nitro groups is 1. The summed E-state index contributed by atoms with van der Waals surface area (Å²) in [5.74, 6) is 0.244. The van der Waals surface area contributed by atoms with Crippen LogP contribution in [0.25, 0.3) is 6.08 Å². The van der Waals surface area contributed by atoms with Gasteiger partial charge in [-0.2, -0.15) is 0 Å². The van der Waals surface area contributed by atoms with Gasteiger partial charge in [0.2, 0.25) is 5.70 Å². The minimum atomic E-state index is -0.423. The predicted octanol–water partition coefficient (Wildman–Crippen LogP) is 3.19. The van der Waals surface area contributed by atoms with E-state index in [-0.39, 0.29) is 17.2 Å². The van der Waals surface area contributed by atoms with Gasteiger partial charge in [0.25, 0.3) is 0 Å². The summed E-state index contributed by atoms with van der Waals surface area (Å²) in [7, 11) is 1.42. The van der Waals surface area contributed by atoms with Crippen molar-refractivity contribution in [2.24, 2.45) is 0 Å². The molecule has 0 radical (unpaired) electrons. The Hall–Kier alpha value is -1.56. The largest absolute Gasteiger partial charge is 0.503 e. The zero-order chi connectivity index (χ0) is 13.0. The first kappa shape index (κ1) is 13.5. The summed E-state index contributed by atoms with van der Waals surface area (Å²) in [4.78, 5) is 10.3. The highest BCUT2D eigenvalue weighted by Crippen LogP contribution is 2.35. The smallest absolute Gasteiger partial charge is 0.246 e. The molecule has 6 heteroatoms. The maximum Gasteiger partial charge on any atom is 0.246 e. The Labute approximate surface area is 107 Å². The van der Waals surface area contributed by atoms with E-state index in [0.29, 0.717) is 16.5 Å².